The number of Topliss-reactive ketones (excluding diaryl/α,β-unsaturated/α-hetero) is 1. The van der Waals surface area contributed by atoms with Gasteiger partial charge in [-0.15, -0.1) is 13.2 Å². The quantitative estimate of drug-likeness (QED) is 0.768. The molecule has 0 spiro atoms. The third kappa shape index (κ3) is 4.14. The van der Waals surface area contributed by atoms with Gasteiger partial charge >= 0.3 is 6.36 Å². The van der Waals surface area contributed by atoms with Crippen molar-refractivity contribution in [3.05, 3.63) is 29.8 Å². The number of alkyl halides is 3. The number of hydrogen-bond donors (Lipinski definition) is 0. The average molecular weight is 250 g/mol. The molecule has 0 aliphatic carbocycles. The van der Waals surface area contributed by atoms with Crippen LogP contribution in [0.25, 0.3) is 0 Å². The SMILES string of the molecule is CSCC(=O)c1cccc(OC(F)(F)F)c1. The number of carbonyl (C=O) groups excluding carboxylic acids is 1. The number of benzene rings is 1. The molecule has 0 aliphatic rings. The van der Waals surface area contributed by atoms with Crippen molar-refractivity contribution in [2.75, 3.05) is 12.0 Å². The van der Waals surface area contributed by atoms with Crippen LogP contribution in [0.1, 0.15) is 10.4 Å². The topological polar surface area (TPSA) is 26.3 Å². The lowest BCUT2D eigenvalue weighted by Gasteiger charge is -2.09. The van der Waals surface area contributed by atoms with E-state index in [1.165, 1.54) is 23.9 Å². The van der Waals surface area contributed by atoms with Crippen LogP contribution in [0.15, 0.2) is 24.3 Å². The fourth-order valence-electron chi connectivity index (χ4n) is 1.08. The molecule has 0 atom stereocenters. The monoisotopic (exact) mass is 250 g/mol. The number of ketones is 1. The van der Waals surface area contributed by atoms with Gasteiger partial charge in [0.15, 0.2) is 5.78 Å². The molecule has 0 fully saturated rings. The second-order valence-corrected chi connectivity index (χ2v) is 3.80. The Morgan fingerprint density at radius 3 is 2.69 bits per heavy atom. The van der Waals surface area contributed by atoms with Gasteiger partial charge in [0.1, 0.15) is 5.75 Å². The van der Waals surface area contributed by atoms with E-state index in [0.29, 0.717) is 0 Å². The third-order valence-corrected chi connectivity index (χ3v) is 2.22. The Hall–Kier alpha value is -1.17. The molecule has 1 rings (SSSR count). The van der Waals surface area contributed by atoms with Gasteiger partial charge in [-0.1, -0.05) is 12.1 Å². The second-order valence-electron chi connectivity index (χ2n) is 2.93. The van der Waals surface area contributed by atoms with Gasteiger partial charge in [0.05, 0.1) is 5.75 Å². The molecule has 0 amide bonds. The Bertz CT molecular complexity index is 377. The molecule has 1 aromatic carbocycles. The predicted molar refractivity (Wildman–Crippen MR) is 55.8 cm³/mol. The van der Waals surface area contributed by atoms with Gasteiger partial charge < -0.3 is 4.74 Å². The number of thioether (sulfide) groups is 1. The lowest BCUT2D eigenvalue weighted by molar-refractivity contribution is -0.274. The molecule has 0 heterocycles. The summed E-state index contributed by atoms with van der Waals surface area (Å²) in [5.41, 5.74) is 0.219. The minimum absolute atomic E-state index is 0.219. The zero-order valence-electron chi connectivity index (χ0n) is 8.38. The zero-order valence-corrected chi connectivity index (χ0v) is 9.19. The Labute approximate surface area is 94.8 Å². The van der Waals surface area contributed by atoms with E-state index >= 15 is 0 Å². The van der Waals surface area contributed by atoms with Crippen molar-refractivity contribution < 1.29 is 22.7 Å². The maximum atomic E-state index is 11.9. The van der Waals surface area contributed by atoms with Crippen LogP contribution in [0.5, 0.6) is 5.75 Å². The highest BCUT2D eigenvalue weighted by Crippen LogP contribution is 2.23. The van der Waals surface area contributed by atoms with Gasteiger partial charge in [-0.3, -0.25) is 4.79 Å². The summed E-state index contributed by atoms with van der Waals surface area (Å²) in [5.74, 6) is -0.366. The Morgan fingerprint density at radius 1 is 1.44 bits per heavy atom. The average Bonchev–Trinajstić information content (AvgIpc) is 2.16. The molecule has 0 aromatic heterocycles. The van der Waals surface area contributed by atoms with Crippen LogP contribution >= 0.6 is 11.8 Å². The summed E-state index contributed by atoms with van der Waals surface area (Å²) in [4.78, 5) is 11.4. The third-order valence-electron chi connectivity index (χ3n) is 1.67. The Balaban J connectivity index is 2.83. The van der Waals surface area contributed by atoms with Crippen LogP contribution in [-0.2, 0) is 0 Å². The summed E-state index contributed by atoms with van der Waals surface area (Å²) in [6.07, 6.45) is -2.99. The molecular weight excluding hydrogens is 241 g/mol. The molecule has 0 N–H and O–H groups in total. The molecule has 0 bridgehead atoms. The van der Waals surface area contributed by atoms with Crippen molar-refractivity contribution in [1.82, 2.24) is 0 Å². The maximum absolute atomic E-state index is 11.9. The molecule has 6 heteroatoms. The van der Waals surface area contributed by atoms with Crippen molar-refractivity contribution in [3.8, 4) is 5.75 Å². The van der Waals surface area contributed by atoms with E-state index < -0.39 is 6.36 Å². The van der Waals surface area contributed by atoms with E-state index in [1.54, 1.807) is 6.26 Å². The van der Waals surface area contributed by atoms with Crippen molar-refractivity contribution in [2.24, 2.45) is 0 Å². The number of halogens is 3. The summed E-state index contributed by atoms with van der Waals surface area (Å²) in [5, 5.41) is 0. The van der Waals surface area contributed by atoms with E-state index in [0.717, 1.165) is 12.1 Å². The van der Waals surface area contributed by atoms with Crippen LogP contribution in [0.3, 0.4) is 0 Å². The van der Waals surface area contributed by atoms with Gasteiger partial charge in [-0.05, 0) is 18.4 Å². The summed E-state index contributed by atoms with van der Waals surface area (Å²) >= 11 is 1.31. The van der Waals surface area contributed by atoms with Crippen molar-refractivity contribution in [2.45, 2.75) is 6.36 Å². The normalized spacial score (nSPS) is 11.2. The molecule has 0 radical (unpaired) electrons. The highest BCUT2D eigenvalue weighted by atomic mass is 32.2. The van der Waals surface area contributed by atoms with Crippen molar-refractivity contribution in [1.29, 1.82) is 0 Å². The molecule has 16 heavy (non-hydrogen) atoms. The second kappa shape index (κ2) is 5.25. The number of ether oxygens (including phenoxy) is 1. The minimum Gasteiger partial charge on any atom is -0.406 e. The van der Waals surface area contributed by atoms with Gasteiger partial charge in [0.2, 0.25) is 0 Å². The first-order chi connectivity index (χ1) is 7.42. The van der Waals surface area contributed by atoms with Gasteiger partial charge in [-0.2, -0.15) is 11.8 Å². The van der Waals surface area contributed by atoms with Crippen molar-refractivity contribution in [3.63, 3.8) is 0 Å². The molecule has 0 saturated heterocycles. The first kappa shape index (κ1) is 12.9. The molecule has 0 aliphatic heterocycles. The summed E-state index contributed by atoms with van der Waals surface area (Å²) in [6, 6.07) is 5.06. The standard InChI is InChI=1S/C10H9F3O2S/c1-16-6-9(14)7-3-2-4-8(5-7)15-10(11,12)13/h2-5H,6H2,1H3. The van der Waals surface area contributed by atoms with Gasteiger partial charge in [0, 0.05) is 5.56 Å². The summed E-state index contributed by atoms with van der Waals surface area (Å²) in [7, 11) is 0. The largest absolute Gasteiger partial charge is 0.573 e. The lowest BCUT2D eigenvalue weighted by Crippen LogP contribution is -2.17. The first-order valence-electron chi connectivity index (χ1n) is 4.30. The van der Waals surface area contributed by atoms with Crippen LogP contribution in [0.4, 0.5) is 13.2 Å². The van der Waals surface area contributed by atoms with Crippen LogP contribution in [0, 0.1) is 0 Å². The molecule has 1 aromatic rings. The summed E-state index contributed by atoms with van der Waals surface area (Å²) < 4.78 is 39.4. The predicted octanol–water partition coefficient (Wildman–Crippen LogP) is 3.13. The number of rotatable bonds is 4. The fourth-order valence-corrected chi connectivity index (χ4v) is 1.51. The fraction of sp³-hybridized carbons (Fsp3) is 0.300. The highest BCUT2D eigenvalue weighted by Gasteiger charge is 2.31. The van der Waals surface area contributed by atoms with Crippen LogP contribution in [0.2, 0.25) is 0 Å². The Morgan fingerprint density at radius 2 is 2.12 bits per heavy atom. The zero-order chi connectivity index (χ0) is 12.2. The molecule has 88 valence electrons. The van der Waals surface area contributed by atoms with Gasteiger partial charge in [-0.25, -0.2) is 0 Å². The van der Waals surface area contributed by atoms with Gasteiger partial charge in [0.25, 0.3) is 0 Å². The Kier molecular flexibility index (Phi) is 4.23. The number of carbonyl (C=O) groups is 1. The molecule has 0 unspecified atom stereocenters. The summed E-state index contributed by atoms with van der Waals surface area (Å²) in [6.45, 7) is 0. The molecular formula is C10H9F3O2S. The van der Waals surface area contributed by atoms with E-state index in [-0.39, 0.29) is 22.8 Å². The molecule has 0 saturated carbocycles. The number of hydrogen-bond acceptors (Lipinski definition) is 3. The van der Waals surface area contributed by atoms with E-state index in [1.807, 2.05) is 0 Å². The van der Waals surface area contributed by atoms with Crippen LogP contribution in [-0.4, -0.2) is 24.2 Å². The van der Waals surface area contributed by atoms with E-state index in [2.05, 4.69) is 4.74 Å². The minimum atomic E-state index is -4.73. The maximum Gasteiger partial charge on any atom is 0.573 e. The van der Waals surface area contributed by atoms with Crippen molar-refractivity contribution >= 4 is 17.5 Å². The highest BCUT2D eigenvalue weighted by molar-refractivity contribution is 7.99. The lowest BCUT2D eigenvalue weighted by atomic mass is 10.1. The van der Waals surface area contributed by atoms with E-state index in [9.17, 15) is 18.0 Å². The van der Waals surface area contributed by atoms with E-state index in [4.69, 9.17) is 0 Å². The first-order valence-corrected chi connectivity index (χ1v) is 5.70. The smallest absolute Gasteiger partial charge is 0.406 e. The van der Waals surface area contributed by atoms with Crippen LogP contribution < -0.4 is 4.74 Å². The molecule has 2 nitrogen and oxygen atoms in total.